The van der Waals surface area contributed by atoms with Gasteiger partial charge in [-0.05, 0) is 59.9 Å². The Morgan fingerprint density at radius 1 is 0.974 bits per heavy atom. The maximum absolute atomic E-state index is 11.6. The second-order valence-electron chi connectivity index (χ2n) is 8.72. The fourth-order valence-electron chi connectivity index (χ4n) is 3.97. The van der Waals surface area contributed by atoms with E-state index in [1.54, 1.807) is 18.3 Å². The molecule has 1 heterocycles. The van der Waals surface area contributed by atoms with Crippen LogP contribution < -0.4 is 14.2 Å². The Balaban J connectivity index is 1.51. The molecule has 0 aliphatic carbocycles. The third-order valence-electron chi connectivity index (χ3n) is 6.03. The van der Waals surface area contributed by atoms with Gasteiger partial charge in [-0.15, -0.1) is 11.6 Å². The highest BCUT2D eigenvalue weighted by atomic mass is 35.5. The number of nitrogens with zero attached hydrogens (tertiary/aromatic N) is 2. The summed E-state index contributed by atoms with van der Waals surface area (Å²) >= 11 is 12.2. The highest BCUT2D eigenvalue weighted by Crippen LogP contribution is 2.34. The van der Waals surface area contributed by atoms with Crippen molar-refractivity contribution in [3.05, 3.63) is 106 Å². The molecule has 0 aliphatic heterocycles. The number of hydrogen-bond acceptors (Lipinski definition) is 6. The number of hydrogen-bond donors (Lipinski definition) is 0. The summed E-state index contributed by atoms with van der Waals surface area (Å²) in [6.45, 7) is 3.00. The van der Waals surface area contributed by atoms with Crippen LogP contribution in [0, 0.1) is 18.3 Å². The number of benzene rings is 3. The number of rotatable bonds is 12. The summed E-state index contributed by atoms with van der Waals surface area (Å²) in [5.41, 5.74) is 5.58. The molecule has 0 spiro atoms. The molecule has 39 heavy (non-hydrogen) atoms. The van der Waals surface area contributed by atoms with Crippen LogP contribution >= 0.6 is 23.2 Å². The number of pyridine rings is 1. The van der Waals surface area contributed by atoms with E-state index in [9.17, 15) is 4.79 Å². The van der Waals surface area contributed by atoms with Crippen LogP contribution in [-0.4, -0.2) is 23.8 Å². The maximum atomic E-state index is 11.6. The summed E-state index contributed by atoms with van der Waals surface area (Å²) in [6.07, 6.45) is 4.54. The zero-order chi connectivity index (χ0) is 27.6. The molecule has 4 rings (SSSR count). The normalized spacial score (nSPS) is 10.5. The summed E-state index contributed by atoms with van der Waals surface area (Å²) < 4.78 is 17.8. The molecule has 1 aromatic heterocycles. The van der Waals surface area contributed by atoms with E-state index < -0.39 is 0 Å². The van der Waals surface area contributed by atoms with Gasteiger partial charge in [0.1, 0.15) is 36.5 Å². The van der Waals surface area contributed by atoms with Gasteiger partial charge in [-0.25, -0.2) is 0 Å². The van der Waals surface area contributed by atoms with Crippen molar-refractivity contribution in [1.29, 1.82) is 5.26 Å². The Hall–Kier alpha value is -4.05. The van der Waals surface area contributed by atoms with Crippen LogP contribution in [0.2, 0.25) is 5.02 Å². The van der Waals surface area contributed by atoms with E-state index in [0.717, 1.165) is 34.4 Å². The highest BCUT2D eigenvalue weighted by molar-refractivity contribution is 6.32. The zero-order valence-corrected chi connectivity index (χ0v) is 22.8. The number of carbonyl (C=O) groups excluding carboxylic acids is 1. The maximum Gasteiger partial charge on any atom is 0.153 e. The smallest absolute Gasteiger partial charge is 0.153 e. The number of ether oxygens (including phenoxy) is 3. The fraction of sp³-hybridized carbons (Fsp3) is 0.194. The quantitative estimate of drug-likeness (QED) is 0.101. The lowest BCUT2D eigenvalue weighted by atomic mass is 9.96. The molecule has 4 aromatic rings. The van der Waals surface area contributed by atoms with Crippen molar-refractivity contribution in [2.45, 2.75) is 26.6 Å². The Labute approximate surface area is 237 Å². The SMILES string of the molecule is Cc1c(COc2cc(OCc3cncc(C#N)c3)c(C=O)cc2Cl)cccc1-c1cccc(OCCCCl)c1. The average Bonchev–Trinajstić information content (AvgIpc) is 2.96. The molecular weight excluding hydrogens is 535 g/mol. The standard InChI is InChI=1S/C31H26Cl2N2O4/c1-21-25(6-3-8-28(21)24-5-2-7-27(12-24)37-10-4-9-32)20-39-31-14-30(26(18-36)13-29(31)33)38-19-23-11-22(15-34)16-35-17-23/h2-3,5-8,11-14,16-18H,4,9-10,19-20H2,1H3. The van der Waals surface area contributed by atoms with E-state index >= 15 is 0 Å². The second kappa shape index (κ2) is 13.7. The third kappa shape index (κ3) is 7.29. The van der Waals surface area contributed by atoms with Crippen LogP contribution in [0.25, 0.3) is 11.1 Å². The summed E-state index contributed by atoms with van der Waals surface area (Å²) in [5, 5.41) is 9.38. The molecule has 0 amide bonds. The molecule has 0 saturated heterocycles. The summed E-state index contributed by atoms with van der Waals surface area (Å²) in [4.78, 5) is 15.7. The van der Waals surface area contributed by atoms with Crippen molar-refractivity contribution in [2.75, 3.05) is 12.5 Å². The number of carbonyl (C=O) groups is 1. The summed E-state index contributed by atoms with van der Waals surface area (Å²) in [6, 6.07) is 20.9. The van der Waals surface area contributed by atoms with Crippen LogP contribution in [0.1, 0.15) is 39.0 Å². The Bertz CT molecular complexity index is 1500. The van der Waals surface area contributed by atoms with E-state index in [-0.39, 0.29) is 13.2 Å². The van der Waals surface area contributed by atoms with Crippen LogP contribution in [0.4, 0.5) is 0 Å². The number of aldehydes is 1. The van der Waals surface area contributed by atoms with Crippen molar-refractivity contribution in [3.8, 4) is 34.4 Å². The van der Waals surface area contributed by atoms with Gasteiger partial charge in [0.2, 0.25) is 0 Å². The van der Waals surface area contributed by atoms with Crippen molar-refractivity contribution in [1.82, 2.24) is 4.98 Å². The van der Waals surface area contributed by atoms with Gasteiger partial charge in [-0.2, -0.15) is 5.26 Å². The molecule has 0 N–H and O–H groups in total. The van der Waals surface area contributed by atoms with Gasteiger partial charge in [0.25, 0.3) is 0 Å². The largest absolute Gasteiger partial charge is 0.494 e. The molecule has 0 fully saturated rings. The third-order valence-corrected chi connectivity index (χ3v) is 6.59. The first-order valence-corrected chi connectivity index (χ1v) is 13.2. The average molecular weight is 561 g/mol. The Morgan fingerprint density at radius 3 is 2.59 bits per heavy atom. The fourth-order valence-corrected chi connectivity index (χ4v) is 4.31. The van der Waals surface area contributed by atoms with Gasteiger partial charge in [-0.3, -0.25) is 9.78 Å². The lowest BCUT2D eigenvalue weighted by Gasteiger charge is -2.16. The molecule has 0 atom stereocenters. The van der Waals surface area contributed by atoms with Gasteiger partial charge in [-0.1, -0.05) is 41.9 Å². The number of alkyl halides is 1. The predicted molar refractivity (Wildman–Crippen MR) is 152 cm³/mol. The van der Waals surface area contributed by atoms with Crippen LogP contribution in [0.15, 0.2) is 73.1 Å². The van der Waals surface area contributed by atoms with E-state index in [2.05, 4.69) is 11.1 Å². The zero-order valence-electron chi connectivity index (χ0n) is 21.3. The Morgan fingerprint density at radius 2 is 1.79 bits per heavy atom. The highest BCUT2D eigenvalue weighted by Gasteiger charge is 2.13. The first kappa shape index (κ1) is 28.0. The molecular formula is C31H26Cl2N2O4. The van der Waals surface area contributed by atoms with Crippen molar-refractivity contribution in [3.63, 3.8) is 0 Å². The molecule has 0 saturated carbocycles. The predicted octanol–water partition coefficient (Wildman–Crippen LogP) is 7.56. The van der Waals surface area contributed by atoms with Crippen LogP contribution in [-0.2, 0) is 13.2 Å². The first-order chi connectivity index (χ1) is 19.0. The lowest BCUT2D eigenvalue weighted by molar-refractivity contribution is 0.111. The number of aromatic nitrogens is 1. The molecule has 0 unspecified atom stereocenters. The molecule has 0 bridgehead atoms. The van der Waals surface area contributed by atoms with E-state index in [1.165, 1.54) is 12.3 Å². The minimum Gasteiger partial charge on any atom is -0.494 e. The van der Waals surface area contributed by atoms with E-state index in [4.69, 9.17) is 42.7 Å². The van der Waals surface area contributed by atoms with Crippen molar-refractivity contribution < 1.29 is 19.0 Å². The van der Waals surface area contributed by atoms with Gasteiger partial charge < -0.3 is 14.2 Å². The molecule has 0 radical (unpaired) electrons. The number of halogens is 2. The number of nitriles is 1. The van der Waals surface area contributed by atoms with E-state index in [1.807, 2.05) is 49.4 Å². The minimum atomic E-state index is 0.125. The second-order valence-corrected chi connectivity index (χ2v) is 9.50. The van der Waals surface area contributed by atoms with Crippen molar-refractivity contribution >= 4 is 29.5 Å². The molecule has 198 valence electrons. The Kier molecular flexibility index (Phi) is 9.80. The van der Waals surface area contributed by atoms with Gasteiger partial charge >= 0.3 is 0 Å². The minimum absolute atomic E-state index is 0.125. The molecule has 3 aromatic carbocycles. The van der Waals surface area contributed by atoms with Gasteiger partial charge in [0, 0.05) is 29.9 Å². The van der Waals surface area contributed by atoms with Gasteiger partial charge in [0.15, 0.2) is 6.29 Å². The molecule has 0 aliphatic rings. The summed E-state index contributed by atoms with van der Waals surface area (Å²) in [7, 11) is 0. The van der Waals surface area contributed by atoms with Crippen LogP contribution in [0.5, 0.6) is 17.2 Å². The van der Waals surface area contributed by atoms with Crippen LogP contribution in [0.3, 0.4) is 0 Å². The molecule has 8 heteroatoms. The van der Waals surface area contributed by atoms with Gasteiger partial charge in [0.05, 0.1) is 22.8 Å². The molecule has 6 nitrogen and oxygen atoms in total. The first-order valence-electron chi connectivity index (χ1n) is 12.3. The van der Waals surface area contributed by atoms with Crippen molar-refractivity contribution in [2.24, 2.45) is 0 Å². The topological polar surface area (TPSA) is 81.4 Å². The lowest BCUT2D eigenvalue weighted by Crippen LogP contribution is -2.03. The summed E-state index contributed by atoms with van der Waals surface area (Å²) in [5.74, 6) is 2.07. The van der Waals surface area contributed by atoms with E-state index in [0.29, 0.717) is 52.0 Å². The monoisotopic (exact) mass is 560 g/mol.